The average molecular weight is 224 g/mol. The first-order valence-corrected chi connectivity index (χ1v) is 6.67. The third-order valence-corrected chi connectivity index (χ3v) is 4.39. The van der Waals surface area contributed by atoms with Crippen LogP contribution in [0, 0.1) is 5.92 Å². The normalized spacial score (nSPS) is 56.8. The van der Waals surface area contributed by atoms with Crippen LogP contribution in [0.5, 0.6) is 0 Å². The third-order valence-electron chi connectivity index (χ3n) is 4.39. The Bertz CT molecular complexity index is 209. The molecule has 3 aliphatic heterocycles. The molecular formula is C12H24N4. The van der Waals surface area contributed by atoms with E-state index in [1.807, 2.05) is 0 Å². The second kappa shape index (κ2) is 3.95. The molecule has 16 heavy (non-hydrogen) atoms. The average Bonchev–Trinajstić information content (AvgIpc) is 2.14. The predicted octanol–water partition coefficient (Wildman–Crippen LogP) is -0.0317. The lowest BCUT2D eigenvalue weighted by Crippen LogP contribution is -2.76. The van der Waals surface area contributed by atoms with Crippen molar-refractivity contribution in [2.75, 3.05) is 0 Å². The van der Waals surface area contributed by atoms with Crippen LogP contribution in [0.25, 0.3) is 0 Å². The second-order valence-electron chi connectivity index (χ2n) is 5.93. The van der Waals surface area contributed by atoms with Crippen LogP contribution in [0.15, 0.2) is 0 Å². The molecule has 4 N–H and O–H groups in total. The number of nitrogens with one attached hydrogen (secondary N) is 4. The van der Waals surface area contributed by atoms with Gasteiger partial charge in [-0.15, -0.1) is 0 Å². The zero-order valence-corrected chi connectivity index (χ0v) is 10.5. The van der Waals surface area contributed by atoms with E-state index < -0.39 is 0 Å². The highest BCUT2D eigenvalue weighted by atomic mass is 15.3. The zero-order valence-electron chi connectivity index (χ0n) is 10.5. The molecule has 0 amide bonds. The maximum Gasteiger partial charge on any atom is 0.0644 e. The summed E-state index contributed by atoms with van der Waals surface area (Å²) in [6.07, 6.45) is 3.41. The Labute approximate surface area is 97.9 Å². The van der Waals surface area contributed by atoms with Gasteiger partial charge in [-0.05, 0) is 33.6 Å². The summed E-state index contributed by atoms with van der Waals surface area (Å²) >= 11 is 0. The van der Waals surface area contributed by atoms with Gasteiger partial charge in [-0.25, -0.2) is 0 Å². The molecule has 3 heterocycles. The molecule has 3 rings (SSSR count). The lowest BCUT2D eigenvalue weighted by atomic mass is 9.75. The van der Waals surface area contributed by atoms with Crippen molar-refractivity contribution in [2.24, 2.45) is 5.92 Å². The van der Waals surface area contributed by atoms with Gasteiger partial charge in [0.05, 0.1) is 12.3 Å². The summed E-state index contributed by atoms with van der Waals surface area (Å²) in [6.45, 7) is 6.83. The minimum absolute atomic E-state index is 0.426. The molecule has 0 spiro atoms. The Balaban J connectivity index is 1.83. The van der Waals surface area contributed by atoms with E-state index in [9.17, 15) is 0 Å². The molecule has 0 saturated carbocycles. The minimum Gasteiger partial charge on any atom is -0.311 e. The molecule has 92 valence electrons. The van der Waals surface area contributed by atoms with Crippen molar-refractivity contribution in [3.05, 3.63) is 0 Å². The molecule has 3 aliphatic rings. The first-order chi connectivity index (χ1) is 7.63. The maximum atomic E-state index is 3.77. The van der Waals surface area contributed by atoms with Gasteiger partial charge in [-0.3, -0.25) is 16.0 Å². The van der Waals surface area contributed by atoms with E-state index in [0.717, 1.165) is 0 Å². The molecule has 0 unspecified atom stereocenters. The highest BCUT2D eigenvalue weighted by molar-refractivity contribution is 5.06. The highest BCUT2D eigenvalue weighted by Crippen LogP contribution is 2.31. The number of hydrogen-bond acceptors (Lipinski definition) is 4. The maximum absolute atomic E-state index is 3.77. The first kappa shape index (κ1) is 11.0. The highest BCUT2D eigenvalue weighted by Gasteiger charge is 2.47. The molecule has 0 aromatic rings. The van der Waals surface area contributed by atoms with E-state index >= 15 is 0 Å². The molecule has 4 nitrogen and oxygen atoms in total. The van der Waals surface area contributed by atoms with Crippen molar-refractivity contribution in [2.45, 2.75) is 70.1 Å². The van der Waals surface area contributed by atoms with Gasteiger partial charge >= 0.3 is 0 Å². The fraction of sp³-hybridized carbons (Fsp3) is 1.00. The van der Waals surface area contributed by atoms with E-state index in [2.05, 4.69) is 42.0 Å². The number of piperidine rings is 2. The first-order valence-electron chi connectivity index (χ1n) is 6.67. The van der Waals surface area contributed by atoms with Crippen LogP contribution in [-0.2, 0) is 0 Å². The molecule has 0 aliphatic carbocycles. The summed E-state index contributed by atoms with van der Waals surface area (Å²) in [4.78, 5) is 0. The Hall–Kier alpha value is -0.160. The van der Waals surface area contributed by atoms with Crippen LogP contribution >= 0.6 is 0 Å². The molecule has 4 heteroatoms. The van der Waals surface area contributed by atoms with Gasteiger partial charge in [0.25, 0.3) is 0 Å². The molecule has 0 radical (unpaired) electrons. The summed E-state index contributed by atoms with van der Waals surface area (Å²) in [5.41, 5.74) is 0. The van der Waals surface area contributed by atoms with Gasteiger partial charge in [0.15, 0.2) is 0 Å². The largest absolute Gasteiger partial charge is 0.311 e. The molecule has 3 fully saturated rings. The molecule has 0 aromatic carbocycles. The van der Waals surface area contributed by atoms with Gasteiger partial charge in [0.1, 0.15) is 0 Å². The van der Waals surface area contributed by atoms with Crippen LogP contribution in [0.4, 0.5) is 0 Å². The third kappa shape index (κ3) is 1.78. The summed E-state index contributed by atoms with van der Waals surface area (Å²) in [6, 6.07) is 2.60. The van der Waals surface area contributed by atoms with Crippen molar-refractivity contribution in [1.82, 2.24) is 21.3 Å². The monoisotopic (exact) mass is 224 g/mol. The van der Waals surface area contributed by atoms with Crippen LogP contribution in [0.3, 0.4) is 0 Å². The predicted molar refractivity (Wildman–Crippen MR) is 65.0 cm³/mol. The van der Waals surface area contributed by atoms with Gasteiger partial charge in [0.2, 0.25) is 0 Å². The summed E-state index contributed by atoms with van der Waals surface area (Å²) < 4.78 is 0. The van der Waals surface area contributed by atoms with E-state index in [0.29, 0.717) is 42.4 Å². The fourth-order valence-electron chi connectivity index (χ4n) is 3.90. The van der Waals surface area contributed by atoms with Crippen LogP contribution in [-0.4, -0.2) is 36.5 Å². The quantitative estimate of drug-likeness (QED) is 0.467. The van der Waals surface area contributed by atoms with Crippen LogP contribution in [0.1, 0.15) is 33.6 Å². The topological polar surface area (TPSA) is 48.1 Å². The van der Waals surface area contributed by atoms with E-state index in [-0.39, 0.29) is 0 Å². The van der Waals surface area contributed by atoms with Gasteiger partial charge < -0.3 is 5.32 Å². The molecule has 0 aromatic heterocycles. The summed E-state index contributed by atoms with van der Waals surface area (Å²) in [5.74, 6) is 0.698. The Morgan fingerprint density at radius 3 is 2.12 bits per heavy atom. The lowest BCUT2D eigenvalue weighted by molar-refractivity contribution is 0.0288. The summed E-state index contributed by atoms with van der Waals surface area (Å²) in [5, 5.41) is 14.8. The number of hydrogen-bond donors (Lipinski definition) is 4. The van der Waals surface area contributed by atoms with Crippen molar-refractivity contribution < 1.29 is 0 Å². The van der Waals surface area contributed by atoms with Gasteiger partial charge in [-0.1, -0.05) is 0 Å². The minimum atomic E-state index is 0.426. The van der Waals surface area contributed by atoms with E-state index in [1.165, 1.54) is 12.8 Å². The SMILES string of the molecule is C[C@@H]1N[C@@H]2N[C@H](C)C[C@@H]3N[C@H](C)C[C@H](N1)[C@@H]23. The molecule has 0 bridgehead atoms. The number of rotatable bonds is 0. The van der Waals surface area contributed by atoms with Crippen molar-refractivity contribution in [3.8, 4) is 0 Å². The van der Waals surface area contributed by atoms with Gasteiger partial charge in [-0.2, -0.15) is 0 Å². The van der Waals surface area contributed by atoms with E-state index in [1.54, 1.807) is 0 Å². The van der Waals surface area contributed by atoms with Crippen molar-refractivity contribution in [1.29, 1.82) is 0 Å². The standard InChI is InChI=1S/C12H24N4/c1-6-4-10-11-9(13-6)5-7(2)14-12(11)16-8(3)15-10/h6-16H,4-5H2,1-3H3/t6-,7-,8+,9+,10+,11+,12+/m1/s1. The van der Waals surface area contributed by atoms with Crippen molar-refractivity contribution in [3.63, 3.8) is 0 Å². The zero-order chi connectivity index (χ0) is 11.3. The van der Waals surface area contributed by atoms with E-state index in [4.69, 9.17) is 0 Å². The lowest BCUT2D eigenvalue weighted by Gasteiger charge is -2.55. The van der Waals surface area contributed by atoms with Crippen LogP contribution in [0.2, 0.25) is 0 Å². The van der Waals surface area contributed by atoms with Gasteiger partial charge in [0, 0.05) is 30.1 Å². The van der Waals surface area contributed by atoms with Crippen LogP contribution < -0.4 is 21.3 Å². The Kier molecular flexibility index (Phi) is 2.70. The smallest absolute Gasteiger partial charge is 0.0644 e. The van der Waals surface area contributed by atoms with Crippen molar-refractivity contribution >= 4 is 0 Å². The summed E-state index contributed by atoms with van der Waals surface area (Å²) in [7, 11) is 0. The fourth-order valence-corrected chi connectivity index (χ4v) is 3.90. The molecular weight excluding hydrogens is 200 g/mol. The second-order valence-corrected chi connectivity index (χ2v) is 5.93. The molecule has 3 saturated heterocycles. The Morgan fingerprint density at radius 2 is 1.38 bits per heavy atom. The molecule has 7 atom stereocenters. The Morgan fingerprint density at radius 1 is 0.750 bits per heavy atom.